The van der Waals surface area contributed by atoms with Gasteiger partial charge in [0, 0.05) is 24.0 Å². The lowest BCUT2D eigenvalue weighted by Crippen LogP contribution is -2.36. The van der Waals surface area contributed by atoms with E-state index >= 15 is 0 Å². The molecule has 0 unspecified atom stereocenters. The molecule has 0 spiro atoms. The van der Waals surface area contributed by atoms with Gasteiger partial charge in [-0.25, -0.2) is 4.79 Å². The Labute approximate surface area is 125 Å². The Morgan fingerprint density at radius 1 is 1.29 bits per heavy atom. The van der Waals surface area contributed by atoms with Crippen molar-refractivity contribution in [3.63, 3.8) is 0 Å². The second kappa shape index (κ2) is 6.02. The van der Waals surface area contributed by atoms with Gasteiger partial charge in [-0.05, 0) is 56.0 Å². The lowest BCUT2D eigenvalue weighted by molar-refractivity contribution is 0.153. The quantitative estimate of drug-likeness (QED) is 0.806. The summed E-state index contributed by atoms with van der Waals surface area (Å²) < 4.78 is 5.34. The van der Waals surface area contributed by atoms with Crippen LogP contribution in [-0.4, -0.2) is 17.5 Å². The first-order valence-corrected chi connectivity index (χ1v) is 7.97. The van der Waals surface area contributed by atoms with Crippen molar-refractivity contribution >= 4 is 11.0 Å². The van der Waals surface area contributed by atoms with Crippen molar-refractivity contribution in [3.05, 3.63) is 45.8 Å². The van der Waals surface area contributed by atoms with E-state index in [9.17, 15) is 4.79 Å². The highest BCUT2D eigenvalue weighted by atomic mass is 16.4. The molecule has 0 bridgehead atoms. The van der Waals surface area contributed by atoms with E-state index in [0.29, 0.717) is 11.6 Å². The molecular weight excluding hydrogens is 262 g/mol. The molecule has 0 aliphatic carbocycles. The predicted molar refractivity (Wildman–Crippen MR) is 85.6 cm³/mol. The molecule has 2 heterocycles. The molecule has 0 radical (unpaired) electrons. The van der Waals surface area contributed by atoms with Crippen LogP contribution in [0.5, 0.6) is 0 Å². The van der Waals surface area contributed by atoms with Crippen LogP contribution in [0.15, 0.2) is 33.5 Å². The first-order chi connectivity index (χ1) is 10.2. The minimum absolute atomic E-state index is 0.244. The van der Waals surface area contributed by atoms with Gasteiger partial charge in [-0.3, -0.25) is 4.90 Å². The van der Waals surface area contributed by atoms with Crippen molar-refractivity contribution in [2.24, 2.45) is 0 Å². The maximum atomic E-state index is 11.8. The topological polar surface area (TPSA) is 33.5 Å². The second-order valence-electron chi connectivity index (χ2n) is 6.09. The van der Waals surface area contributed by atoms with Crippen molar-refractivity contribution in [3.8, 4) is 0 Å². The Kier molecular flexibility index (Phi) is 4.11. The van der Waals surface area contributed by atoms with Crippen LogP contribution in [0.3, 0.4) is 0 Å². The highest BCUT2D eigenvalue weighted by Gasteiger charge is 2.19. The van der Waals surface area contributed by atoms with Gasteiger partial charge in [-0.2, -0.15) is 0 Å². The maximum absolute atomic E-state index is 11.8. The summed E-state index contributed by atoms with van der Waals surface area (Å²) in [6.07, 6.45) is 4.81. The summed E-state index contributed by atoms with van der Waals surface area (Å²) in [6.45, 7) is 6.39. The molecule has 3 rings (SSSR count). The highest BCUT2D eigenvalue weighted by molar-refractivity contribution is 5.80. The van der Waals surface area contributed by atoms with Gasteiger partial charge in [0.25, 0.3) is 0 Å². The lowest BCUT2D eigenvalue weighted by atomic mass is 10.0. The summed E-state index contributed by atoms with van der Waals surface area (Å²) in [4.78, 5) is 14.3. The van der Waals surface area contributed by atoms with Gasteiger partial charge >= 0.3 is 5.63 Å². The second-order valence-corrected chi connectivity index (χ2v) is 6.09. The fraction of sp³-hybridized carbons (Fsp3) is 0.500. The molecule has 112 valence electrons. The summed E-state index contributed by atoms with van der Waals surface area (Å²) in [6, 6.07) is 8.40. The zero-order valence-electron chi connectivity index (χ0n) is 12.9. The number of piperidine rings is 1. The van der Waals surface area contributed by atoms with Crippen molar-refractivity contribution < 1.29 is 4.42 Å². The SMILES string of the molecule is CCc1ccc2oc(=O)cc(CN3CCCC[C@H]3C)c2c1. The fourth-order valence-corrected chi connectivity index (χ4v) is 3.24. The van der Waals surface area contributed by atoms with Crippen LogP contribution in [0.2, 0.25) is 0 Å². The molecule has 0 N–H and O–H groups in total. The molecule has 2 aromatic rings. The monoisotopic (exact) mass is 285 g/mol. The minimum atomic E-state index is -0.244. The van der Waals surface area contributed by atoms with Crippen LogP contribution in [0.25, 0.3) is 11.0 Å². The number of aryl methyl sites for hydroxylation is 1. The van der Waals surface area contributed by atoms with E-state index in [1.54, 1.807) is 6.07 Å². The zero-order valence-corrected chi connectivity index (χ0v) is 12.9. The van der Waals surface area contributed by atoms with Crippen LogP contribution in [0.4, 0.5) is 0 Å². The summed E-state index contributed by atoms with van der Waals surface area (Å²) in [5.74, 6) is 0. The van der Waals surface area contributed by atoms with E-state index in [-0.39, 0.29) is 5.63 Å². The van der Waals surface area contributed by atoms with E-state index in [1.807, 2.05) is 12.1 Å². The molecule has 1 aliphatic heterocycles. The highest BCUT2D eigenvalue weighted by Crippen LogP contribution is 2.24. The summed E-state index contributed by atoms with van der Waals surface area (Å²) in [7, 11) is 0. The fourth-order valence-electron chi connectivity index (χ4n) is 3.24. The van der Waals surface area contributed by atoms with Gasteiger partial charge in [0.05, 0.1) is 0 Å². The molecule has 3 nitrogen and oxygen atoms in total. The summed E-state index contributed by atoms with van der Waals surface area (Å²) in [5.41, 5.74) is 2.85. The smallest absolute Gasteiger partial charge is 0.336 e. The number of benzene rings is 1. The van der Waals surface area contributed by atoms with Gasteiger partial charge in [0.1, 0.15) is 5.58 Å². The van der Waals surface area contributed by atoms with Crippen molar-refractivity contribution in [2.75, 3.05) is 6.54 Å². The van der Waals surface area contributed by atoms with Gasteiger partial charge in [0.15, 0.2) is 0 Å². The molecule has 0 saturated carbocycles. The number of rotatable bonds is 3. The Hall–Kier alpha value is -1.61. The number of hydrogen-bond acceptors (Lipinski definition) is 3. The minimum Gasteiger partial charge on any atom is -0.423 e. The Morgan fingerprint density at radius 2 is 2.14 bits per heavy atom. The molecule has 1 aliphatic rings. The number of fused-ring (bicyclic) bond motifs is 1. The first kappa shape index (κ1) is 14.3. The summed E-state index contributed by atoms with van der Waals surface area (Å²) >= 11 is 0. The van der Waals surface area contributed by atoms with E-state index in [1.165, 1.54) is 24.8 Å². The Balaban J connectivity index is 2.01. The predicted octanol–water partition coefficient (Wildman–Crippen LogP) is 3.73. The molecule has 1 aromatic carbocycles. The number of hydrogen-bond donors (Lipinski definition) is 0. The molecular formula is C18H23NO2. The Morgan fingerprint density at radius 3 is 2.90 bits per heavy atom. The maximum Gasteiger partial charge on any atom is 0.336 e. The molecule has 1 saturated heterocycles. The van der Waals surface area contributed by atoms with Crippen LogP contribution in [0.1, 0.15) is 44.2 Å². The average molecular weight is 285 g/mol. The Bertz CT molecular complexity index is 689. The van der Waals surface area contributed by atoms with Crippen LogP contribution in [0, 0.1) is 0 Å². The molecule has 1 atom stereocenters. The van der Waals surface area contributed by atoms with E-state index < -0.39 is 0 Å². The van der Waals surface area contributed by atoms with E-state index in [0.717, 1.165) is 30.5 Å². The molecule has 0 amide bonds. The summed E-state index contributed by atoms with van der Waals surface area (Å²) in [5, 5.41) is 1.09. The third-order valence-corrected chi connectivity index (χ3v) is 4.61. The van der Waals surface area contributed by atoms with E-state index in [2.05, 4.69) is 24.8 Å². The number of nitrogens with zero attached hydrogens (tertiary/aromatic N) is 1. The van der Waals surface area contributed by atoms with Gasteiger partial charge in [-0.1, -0.05) is 19.4 Å². The van der Waals surface area contributed by atoms with Gasteiger partial charge in [0.2, 0.25) is 0 Å². The molecule has 21 heavy (non-hydrogen) atoms. The third-order valence-electron chi connectivity index (χ3n) is 4.61. The molecule has 1 aromatic heterocycles. The van der Waals surface area contributed by atoms with Gasteiger partial charge in [-0.15, -0.1) is 0 Å². The van der Waals surface area contributed by atoms with Crippen LogP contribution >= 0.6 is 0 Å². The van der Waals surface area contributed by atoms with E-state index in [4.69, 9.17) is 4.42 Å². The van der Waals surface area contributed by atoms with Crippen LogP contribution in [-0.2, 0) is 13.0 Å². The normalized spacial score (nSPS) is 20.0. The van der Waals surface area contributed by atoms with Crippen molar-refractivity contribution in [1.82, 2.24) is 4.90 Å². The van der Waals surface area contributed by atoms with Crippen molar-refractivity contribution in [1.29, 1.82) is 0 Å². The average Bonchev–Trinajstić information content (AvgIpc) is 2.49. The first-order valence-electron chi connectivity index (χ1n) is 7.97. The van der Waals surface area contributed by atoms with Gasteiger partial charge < -0.3 is 4.42 Å². The standard InChI is InChI=1S/C18H23NO2/c1-3-14-7-8-17-16(10-14)15(11-18(20)21-17)12-19-9-5-4-6-13(19)2/h7-8,10-11,13H,3-6,9,12H2,1-2H3/t13-/m1/s1. The molecule has 3 heteroatoms. The molecule has 1 fully saturated rings. The number of likely N-dealkylation sites (tertiary alicyclic amines) is 1. The zero-order chi connectivity index (χ0) is 14.8. The van der Waals surface area contributed by atoms with Crippen LogP contribution < -0.4 is 5.63 Å². The largest absolute Gasteiger partial charge is 0.423 e. The van der Waals surface area contributed by atoms with Crippen molar-refractivity contribution in [2.45, 2.75) is 52.1 Å². The third kappa shape index (κ3) is 3.03. The lowest BCUT2D eigenvalue weighted by Gasteiger charge is -2.33.